The van der Waals surface area contributed by atoms with Crippen LogP contribution in [0.25, 0.3) is 0 Å². The number of nitrogens with one attached hydrogen (secondary N) is 1. The number of carbonyl (C=O) groups is 1. The summed E-state index contributed by atoms with van der Waals surface area (Å²) in [4.78, 5) is 12.1. The van der Waals surface area contributed by atoms with Crippen molar-refractivity contribution in [3.8, 4) is 5.75 Å². The van der Waals surface area contributed by atoms with E-state index in [2.05, 4.69) is 21.2 Å². The fraction of sp³-hybridized carbons (Fsp3) is 0.0714. The number of methoxy groups -OCH3 is 1. The summed E-state index contributed by atoms with van der Waals surface area (Å²) in [5.74, 6) is 0.449. The summed E-state index contributed by atoms with van der Waals surface area (Å²) in [5, 5.41) is 2.80. The average molecular weight is 321 g/mol. The van der Waals surface area contributed by atoms with Gasteiger partial charge in [-0.15, -0.1) is 0 Å². The van der Waals surface area contributed by atoms with E-state index >= 15 is 0 Å². The van der Waals surface area contributed by atoms with Gasteiger partial charge in [0, 0.05) is 27.5 Å². The molecule has 0 unspecified atom stereocenters. The molecule has 0 aliphatic heterocycles. The van der Waals surface area contributed by atoms with Gasteiger partial charge in [0.05, 0.1) is 7.11 Å². The zero-order valence-electron chi connectivity index (χ0n) is 10.3. The number of halogens is 1. The molecule has 98 valence electrons. The summed E-state index contributed by atoms with van der Waals surface area (Å²) >= 11 is 3.36. The summed E-state index contributed by atoms with van der Waals surface area (Å²) in [7, 11) is 1.57. The van der Waals surface area contributed by atoms with Gasteiger partial charge in [-0.25, -0.2) is 0 Å². The minimum Gasteiger partial charge on any atom is -0.497 e. The molecule has 0 saturated carbocycles. The molecule has 0 heterocycles. The van der Waals surface area contributed by atoms with Crippen molar-refractivity contribution in [2.45, 2.75) is 0 Å². The van der Waals surface area contributed by atoms with Gasteiger partial charge < -0.3 is 15.8 Å². The number of amides is 1. The summed E-state index contributed by atoms with van der Waals surface area (Å²) in [6.07, 6.45) is 0. The van der Waals surface area contributed by atoms with Crippen LogP contribution in [0.1, 0.15) is 10.4 Å². The number of carbonyl (C=O) groups excluding carboxylic acids is 1. The van der Waals surface area contributed by atoms with E-state index in [-0.39, 0.29) is 5.91 Å². The third-order valence-electron chi connectivity index (χ3n) is 2.51. The summed E-state index contributed by atoms with van der Waals surface area (Å²) in [6.45, 7) is 0. The first-order valence-electron chi connectivity index (χ1n) is 5.60. The van der Waals surface area contributed by atoms with Crippen LogP contribution in [0.2, 0.25) is 0 Å². The molecule has 5 heteroatoms. The molecule has 0 atom stereocenters. The molecule has 0 fully saturated rings. The second-order valence-corrected chi connectivity index (χ2v) is 4.87. The van der Waals surface area contributed by atoms with Crippen LogP contribution in [0.15, 0.2) is 46.9 Å². The molecule has 0 bridgehead atoms. The first-order chi connectivity index (χ1) is 9.08. The standard InChI is InChI=1S/C14H13BrN2O2/c1-19-13-7-10(15)6-12(8-13)17-14(18)9-3-2-4-11(16)5-9/h2-8H,16H2,1H3,(H,17,18). The van der Waals surface area contributed by atoms with Gasteiger partial charge in [0.15, 0.2) is 0 Å². The fourth-order valence-corrected chi connectivity index (χ4v) is 2.11. The van der Waals surface area contributed by atoms with Gasteiger partial charge in [-0.1, -0.05) is 22.0 Å². The zero-order chi connectivity index (χ0) is 13.8. The van der Waals surface area contributed by atoms with Crippen molar-refractivity contribution >= 4 is 33.2 Å². The van der Waals surface area contributed by atoms with E-state index in [9.17, 15) is 4.79 Å². The molecule has 0 saturated heterocycles. The Morgan fingerprint density at radius 2 is 2.05 bits per heavy atom. The number of benzene rings is 2. The molecule has 0 radical (unpaired) electrons. The van der Waals surface area contributed by atoms with Crippen LogP contribution >= 0.6 is 15.9 Å². The van der Waals surface area contributed by atoms with Gasteiger partial charge in [0.2, 0.25) is 0 Å². The quantitative estimate of drug-likeness (QED) is 0.853. The maximum absolute atomic E-state index is 12.1. The van der Waals surface area contributed by atoms with Crippen molar-refractivity contribution in [2.75, 3.05) is 18.2 Å². The van der Waals surface area contributed by atoms with Gasteiger partial charge in [-0.05, 0) is 30.3 Å². The molecule has 19 heavy (non-hydrogen) atoms. The molecule has 0 aliphatic carbocycles. The SMILES string of the molecule is COc1cc(Br)cc(NC(=O)c2cccc(N)c2)c1. The Bertz CT molecular complexity index is 614. The fourth-order valence-electron chi connectivity index (χ4n) is 1.64. The molecule has 0 aromatic heterocycles. The topological polar surface area (TPSA) is 64.3 Å². The molecule has 2 aromatic carbocycles. The number of hydrogen-bond acceptors (Lipinski definition) is 3. The van der Waals surface area contributed by atoms with Crippen LogP contribution in [0, 0.1) is 0 Å². The highest BCUT2D eigenvalue weighted by molar-refractivity contribution is 9.10. The van der Waals surface area contributed by atoms with E-state index in [4.69, 9.17) is 10.5 Å². The van der Waals surface area contributed by atoms with E-state index in [1.165, 1.54) is 0 Å². The van der Waals surface area contributed by atoms with E-state index in [1.807, 2.05) is 6.07 Å². The Kier molecular flexibility index (Phi) is 4.06. The Hall–Kier alpha value is -2.01. The van der Waals surface area contributed by atoms with Crippen LogP contribution in [0.4, 0.5) is 11.4 Å². The number of ether oxygens (including phenoxy) is 1. The molecular formula is C14H13BrN2O2. The first kappa shape index (κ1) is 13.4. The maximum atomic E-state index is 12.1. The predicted octanol–water partition coefficient (Wildman–Crippen LogP) is 3.29. The Morgan fingerprint density at radius 3 is 2.74 bits per heavy atom. The third-order valence-corrected chi connectivity index (χ3v) is 2.97. The van der Waals surface area contributed by atoms with E-state index < -0.39 is 0 Å². The largest absolute Gasteiger partial charge is 0.497 e. The van der Waals surface area contributed by atoms with Crippen molar-refractivity contribution in [3.05, 3.63) is 52.5 Å². The minimum absolute atomic E-state index is 0.215. The number of anilines is 2. The lowest BCUT2D eigenvalue weighted by Crippen LogP contribution is -2.12. The summed E-state index contributed by atoms with van der Waals surface area (Å²) in [5.41, 5.74) is 7.37. The van der Waals surface area contributed by atoms with Gasteiger partial charge in [-0.2, -0.15) is 0 Å². The number of nitrogen functional groups attached to an aromatic ring is 1. The van der Waals surface area contributed by atoms with Crippen LogP contribution < -0.4 is 15.8 Å². The van der Waals surface area contributed by atoms with E-state index in [0.717, 1.165) is 4.47 Å². The highest BCUT2D eigenvalue weighted by atomic mass is 79.9. The maximum Gasteiger partial charge on any atom is 0.255 e. The number of hydrogen-bond donors (Lipinski definition) is 2. The van der Waals surface area contributed by atoms with Crippen molar-refractivity contribution < 1.29 is 9.53 Å². The highest BCUT2D eigenvalue weighted by Crippen LogP contribution is 2.25. The molecule has 0 spiro atoms. The van der Waals surface area contributed by atoms with E-state index in [1.54, 1.807) is 43.5 Å². The van der Waals surface area contributed by atoms with Crippen LogP contribution in [-0.4, -0.2) is 13.0 Å². The lowest BCUT2D eigenvalue weighted by Gasteiger charge is -2.08. The lowest BCUT2D eigenvalue weighted by molar-refractivity contribution is 0.102. The van der Waals surface area contributed by atoms with Crippen molar-refractivity contribution in [1.82, 2.24) is 0 Å². The third kappa shape index (κ3) is 3.48. The van der Waals surface area contributed by atoms with Gasteiger partial charge in [0.25, 0.3) is 5.91 Å². The second-order valence-electron chi connectivity index (χ2n) is 3.96. The number of rotatable bonds is 3. The smallest absolute Gasteiger partial charge is 0.255 e. The van der Waals surface area contributed by atoms with Crippen LogP contribution in [0.3, 0.4) is 0 Å². The van der Waals surface area contributed by atoms with E-state index in [0.29, 0.717) is 22.7 Å². The Labute approximate surface area is 119 Å². The van der Waals surface area contributed by atoms with Crippen molar-refractivity contribution in [2.24, 2.45) is 0 Å². The summed E-state index contributed by atoms with van der Waals surface area (Å²) in [6, 6.07) is 12.2. The Morgan fingerprint density at radius 1 is 1.26 bits per heavy atom. The van der Waals surface area contributed by atoms with Crippen LogP contribution in [0.5, 0.6) is 5.75 Å². The molecule has 0 aliphatic rings. The van der Waals surface area contributed by atoms with Gasteiger partial charge >= 0.3 is 0 Å². The zero-order valence-corrected chi connectivity index (χ0v) is 11.9. The molecule has 3 N–H and O–H groups in total. The highest BCUT2D eigenvalue weighted by Gasteiger charge is 2.07. The molecule has 2 rings (SSSR count). The van der Waals surface area contributed by atoms with Gasteiger partial charge in [0.1, 0.15) is 5.75 Å². The minimum atomic E-state index is -0.215. The molecular weight excluding hydrogens is 308 g/mol. The Balaban J connectivity index is 2.21. The predicted molar refractivity (Wildman–Crippen MR) is 79.5 cm³/mol. The number of nitrogens with two attached hydrogens (primary N) is 1. The van der Waals surface area contributed by atoms with Crippen molar-refractivity contribution in [3.63, 3.8) is 0 Å². The normalized spacial score (nSPS) is 10.0. The average Bonchev–Trinajstić information content (AvgIpc) is 2.38. The lowest BCUT2D eigenvalue weighted by atomic mass is 10.2. The van der Waals surface area contributed by atoms with Gasteiger partial charge in [-0.3, -0.25) is 4.79 Å². The molecule has 4 nitrogen and oxygen atoms in total. The van der Waals surface area contributed by atoms with Crippen LogP contribution in [-0.2, 0) is 0 Å². The first-order valence-corrected chi connectivity index (χ1v) is 6.39. The molecule has 1 amide bonds. The second kappa shape index (κ2) is 5.75. The van der Waals surface area contributed by atoms with Crippen molar-refractivity contribution in [1.29, 1.82) is 0 Å². The summed E-state index contributed by atoms with van der Waals surface area (Å²) < 4.78 is 5.97. The molecule has 2 aromatic rings. The monoisotopic (exact) mass is 320 g/mol.